The summed E-state index contributed by atoms with van der Waals surface area (Å²) >= 11 is 0. The van der Waals surface area contributed by atoms with E-state index in [2.05, 4.69) is 12.1 Å². The van der Waals surface area contributed by atoms with Crippen molar-refractivity contribution in [2.75, 3.05) is 41.0 Å². The third kappa shape index (κ3) is 4.86. The quantitative estimate of drug-likeness (QED) is 0.509. The van der Waals surface area contributed by atoms with Gasteiger partial charge in [0.15, 0.2) is 0 Å². The molecule has 0 saturated carbocycles. The molecule has 1 fully saturated rings. The molecule has 5 rings (SSSR count). The van der Waals surface area contributed by atoms with Gasteiger partial charge in [-0.05, 0) is 60.0 Å². The van der Waals surface area contributed by atoms with Crippen LogP contribution in [0, 0.1) is 5.92 Å². The molecule has 0 aliphatic carbocycles. The SMILES string of the molecule is COc1ccc(C(=O)N2C[C@H](C(=O)N3CCc4ccccc4C3)[C@@H](c3cc(OC)ccc3OC)C2)cc1. The minimum absolute atomic E-state index is 0.0643. The molecule has 7 nitrogen and oxygen atoms in total. The molecule has 0 N–H and O–H groups in total. The predicted molar refractivity (Wildman–Crippen MR) is 140 cm³/mol. The van der Waals surface area contributed by atoms with Gasteiger partial charge >= 0.3 is 0 Å². The Kier molecular flexibility index (Phi) is 7.04. The van der Waals surface area contributed by atoms with Crippen molar-refractivity contribution in [3.63, 3.8) is 0 Å². The molecule has 2 amide bonds. The summed E-state index contributed by atoms with van der Waals surface area (Å²) in [5, 5.41) is 0. The summed E-state index contributed by atoms with van der Waals surface area (Å²) in [7, 11) is 4.84. The molecule has 37 heavy (non-hydrogen) atoms. The molecule has 2 aliphatic rings. The van der Waals surface area contributed by atoms with Crippen LogP contribution >= 0.6 is 0 Å². The molecule has 0 spiro atoms. The summed E-state index contributed by atoms with van der Waals surface area (Å²) in [4.78, 5) is 31.3. The van der Waals surface area contributed by atoms with E-state index in [1.165, 1.54) is 11.1 Å². The smallest absolute Gasteiger partial charge is 0.253 e. The van der Waals surface area contributed by atoms with E-state index in [4.69, 9.17) is 14.2 Å². The predicted octanol–water partition coefficient (Wildman–Crippen LogP) is 4.15. The Hall–Kier alpha value is -4.00. The van der Waals surface area contributed by atoms with Crippen molar-refractivity contribution >= 4 is 11.8 Å². The molecule has 0 bridgehead atoms. The van der Waals surface area contributed by atoms with Gasteiger partial charge in [0, 0.05) is 43.2 Å². The Balaban J connectivity index is 1.47. The molecule has 192 valence electrons. The molecule has 2 heterocycles. The van der Waals surface area contributed by atoms with E-state index in [-0.39, 0.29) is 17.7 Å². The molecule has 2 atom stereocenters. The van der Waals surface area contributed by atoms with Crippen LogP contribution in [0.15, 0.2) is 66.7 Å². The molecule has 2 aliphatic heterocycles. The number of hydrogen-bond acceptors (Lipinski definition) is 5. The first-order valence-corrected chi connectivity index (χ1v) is 12.5. The van der Waals surface area contributed by atoms with Crippen molar-refractivity contribution in [3.05, 3.63) is 89.0 Å². The molecule has 3 aromatic rings. The molecular weight excluding hydrogens is 468 g/mol. The number of methoxy groups -OCH3 is 3. The van der Waals surface area contributed by atoms with Crippen molar-refractivity contribution in [3.8, 4) is 17.2 Å². The number of benzene rings is 3. The first kappa shape index (κ1) is 24.7. The van der Waals surface area contributed by atoms with E-state index >= 15 is 0 Å². The van der Waals surface area contributed by atoms with E-state index in [1.807, 2.05) is 35.2 Å². The number of carbonyl (C=O) groups is 2. The lowest BCUT2D eigenvalue weighted by molar-refractivity contribution is -0.136. The fourth-order valence-corrected chi connectivity index (χ4v) is 5.50. The second-order valence-corrected chi connectivity index (χ2v) is 9.54. The number of likely N-dealkylation sites (tertiary alicyclic amines) is 1. The van der Waals surface area contributed by atoms with Gasteiger partial charge in [0.05, 0.1) is 27.2 Å². The fraction of sp³-hybridized carbons (Fsp3) is 0.333. The zero-order chi connectivity index (χ0) is 25.9. The molecule has 0 aromatic heterocycles. The van der Waals surface area contributed by atoms with Gasteiger partial charge in [-0.25, -0.2) is 0 Å². The minimum Gasteiger partial charge on any atom is -0.497 e. The Morgan fingerprint density at radius 2 is 1.49 bits per heavy atom. The van der Waals surface area contributed by atoms with Gasteiger partial charge in [-0.3, -0.25) is 9.59 Å². The summed E-state index contributed by atoms with van der Waals surface area (Å²) < 4.78 is 16.4. The molecule has 0 unspecified atom stereocenters. The fourth-order valence-electron chi connectivity index (χ4n) is 5.50. The largest absolute Gasteiger partial charge is 0.497 e. The Bertz CT molecular complexity index is 1290. The van der Waals surface area contributed by atoms with Crippen LogP contribution in [0.1, 0.15) is 33.0 Å². The maximum Gasteiger partial charge on any atom is 0.253 e. The van der Waals surface area contributed by atoms with Gasteiger partial charge in [-0.2, -0.15) is 0 Å². The Morgan fingerprint density at radius 3 is 2.19 bits per heavy atom. The van der Waals surface area contributed by atoms with Gasteiger partial charge in [0.25, 0.3) is 5.91 Å². The van der Waals surface area contributed by atoms with Gasteiger partial charge in [0.2, 0.25) is 5.91 Å². The zero-order valence-corrected chi connectivity index (χ0v) is 21.5. The van der Waals surface area contributed by atoms with Crippen LogP contribution in [0.4, 0.5) is 0 Å². The Labute approximate surface area is 217 Å². The average molecular weight is 501 g/mol. The van der Waals surface area contributed by atoms with Crippen molar-refractivity contribution in [1.82, 2.24) is 9.80 Å². The third-order valence-corrected chi connectivity index (χ3v) is 7.54. The summed E-state index contributed by atoms with van der Waals surface area (Å²) in [6.07, 6.45) is 0.830. The van der Waals surface area contributed by atoms with Gasteiger partial charge in [-0.15, -0.1) is 0 Å². The topological polar surface area (TPSA) is 68.3 Å². The molecule has 7 heteroatoms. The van der Waals surface area contributed by atoms with Crippen molar-refractivity contribution in [2.45, 2.75) is 18.9 Å². The standard InChI is InChI=1S/C30H32N2O5/c1-35-23-10-8-21(9-11-23)29(33)32-18-26(25-16-24(36-2)12-13-28(25)37-3)27(19-32)30(34)31-15-14-20-6-4-5-7-22(20)17-31/h4-13,16,26-27H,14-15,17-19H2,1-3H3/t26-,27+/m1/s1. The van der Waals surface area contributed by atoms with Crippen LogP contribution in [-0.4, -0.2) is 62.6 Å². The monoisotopic (exact) mass is 500 g/mol. The van der Waals surface area contributed by atoms with Crippen LogP contribution < -0.4 is 14.2 Å². The van der Waals surface area contributed by atoms with Crippen LogP contribution in [0.5, 0.6) is 17.2 Å². The molecule has 3 aromatic carbocycles. The lowest BCUT2D eigenvalue weighted by Crippen LogP contribution is -2.42. The molecule has 1 saturated heterocycles. The van der Waals surface area contributed by atoms with Crippen LogP contribution in [0.2, 0.25) is 0 Å². The lowest BCUT2D eigenvalue weighted by atomic mass is 9.86. The number of nitrogens with zero attached hydrogens (tertiary/aromatic N) is 2. The maximum atomic E-state index is 14.0. The average Bonchev–Trinajstić information content (AvgIpc) is 3.41. The van der Waals surface area contributed by atoms with Crippen molar-refractivity contribution in [1.29, 1.82) is 0 Å². The van der Waals surface area contributed by atoms with Crippen molar-refractivity contribution < 1.29 is 23.8 Å². The van der Waals surface area contributed by atoms with Crippen molar-refractivity contribution in [2.24, 2.45) is 5.92 Å². The number of rotatable bonds is 6. The first-order valence-electron chi connectivity index (χ1n) is 12.5. The molecule has 0 radical (unpaired) electrons. The third-order valence-electron chi connectivity index (χ3n) is 7.54. The summed E-state index contributed by atoms with van der Waals surface area (Å²) in [5.74, 6) is 1.41. The van der Waals surface area contributed by atoms with Gasteiger partial charge < -0.3 is 24.0 Å². The van der Waals surface area contributed by atoms with Crippen LogP contribution in [0.25, 0.3) is 0 Å². The van der Waals surface area contributed by atoms with Crippen LogP contribution in [-0.2, 0) is 17.8 Å². The number of ether oxygens (including phenoxy) is 3. The summed E-state index contributed by atoms with van der Waals surface area (Å²) in [6.45, 7) is 2.00. The highest BCUT2D eigenvalue weighted by atomic mass is 16.5. The highest BCUT2D eigenvalue weighted by Gasteiger charge is 2.43. The summed E-state index contributed by atoms with van der Waals surface area (Å²) in [6, 6.07) is 21.0. The first-order chi connectivity index (χ1) is 18.0. The summed E-state index contributed by atoms with van der Waals surface area (Å²) in [5.41, 5.74) is 3.92. The number of carbonyl (C=O) groups excluding carboxylic acids is 2. The molecular formula is C30H32N2O5. The number of fused-ring (bicyclic) bond motifs is 1. The van der Waals surface area contributed by atoms with E-state index in [1.54, 1.807) is 50.5 Å². The van der Waals surface area contributed by atoms with Crippen LogP contribution in [0.3, 0.4) is 0 Å². The lowest BCUT2D eigenvalue weighted by Gasteiger charge is -2.32. The second-order valence-electron chi connectivity index (χ2n) is 9.54. The normalized spacial score (nSPS) is 18.8. The zero-order valence-electron chi connectivity index (χ0n) is 21.5. The highest BCUT2D eigenvalue weighted by Crippen LogP contribution is 2.41. The minimum atomic E-state index is -0.395. The van der Waals surface area contributed by atoms with Gasteiger partial charge in [-0.1, -0.05) is 24.3 Å². The van der Waals surface area contributed by atoms with E-state index in [9.17, 15) is 9.59 Å². The maximum absolute atomic E-state index is 14.0. The second kappa shape index (κ2) is 10.5. The number of amides is 2. The highest BCUT2D eigenvalue weighted by molar-refractivity contribution is 5.95. The van der Waals surface area contributed by atoms with E-state index in [0.29, 0.717) is 49.0 Å². The Morgan fingerprint density at radius 1 is 0.784 bits per heavy atom. The van der Waals surface area contributed by atoms with E-state index in [0.717, 1.165) is 12.0 Å². The van der Waals surface area contributed by atoms with Gasteiger partial charge in [0.1, 0.15) is 17.2 Å². The van der Waals surface area contributed by atoms with E-state index < -0.39 is 5.92 Å². The number of hydrogen-bond donors (Lipinski definition) is 0.